The Kier molecular flexibility index (Phi) is 4.18. The fraction of sp³-hybridized carbons (Fsp3) is 0.263. The molecule has 4 rings (SSSR count). The molecule has 0 bridgehead atoms. The molecule has 3 aromatic rings. The molecule has 2 nitrogen and oxygen atoms in total. The standard InChI is InChI=1S/C19H18BrClN2/c20-14-5-8-18-16(11-14)17(12-22-18)19(23-9-1-2-10-23)13-3-6-15(21)7-4-13/h3-8,11-12,19,22H,1-2,9-10H2. The number of benzene rings is 2. The summed E-state index contributed by atoms with van der Waals surface area (Å²) in [4.78, 5) is 6.00. The van der Waals surface area contributed by atoms with E-state index >= 15 is 0 Å². The lowest BCUT2D eigenvalue weighted by Crippen LogP contribution is -2.26. The highest BCUT2D eigenvalue weighted by molar-refractivity contribution is 9.10. The van der Waals surface area contributed by atoms with Crippen LogP contribution in [0.25, 0.3) is 10.9 Å². The highest BCUT2D eigenvalue weighted by Gasteiger charge is 2.27. The fourth-order valence-corrected chi connectivity index (χ4v) is 4.06. The zero-order valence-corrected chi connectivity index (χ0v) is 15.1. The van der Waals surface area contributed by atoms with E-state index in [9.17, 15) is 0 Å². The fourth-order valence-electron chi connectivity index (χ4n) is 3.57. The van der Waals surface area contributed by atoms with Crippen LogP contribution in [0.5, 0.6) is 0 Å². The summed E-state index contributed by atoms with van der Waals surface area (Å²) in [5.41, 5.74) is 3.82. The third kappa shape index (κ3) is 2.93. The number of likely N-dealkylation sites (tertiary alicyclic amines) is 1. The van der Waals surface area contributed by atoms with Gasteiger partial charge in [-0.1, -0.05) is 39.7 Å². The first-order valence-electron chi connectivity index (χ1n) is 7.98. The van der Waals surface area contributed by atoms with E-state index in [2.05, 4.69) is 62.3 Å². The molecule has 0 amide bonds. The molecule has 1 N–H and O–H groups in total. The van der Waals surface area contributed by atoms with Gasteiger partial charge in [-0.05, 0) is 67.4 Å². The molecular weight excluding hydrogens is 372 g/mol. The first-order valence-corrected chi connectivity index (χ1v) is 9.15. The van der Waals surface area contributed by atoms with Crippen LogP contribution in [0.15, 0.2) is 53.1 Å². The molecule has 0 spiro atoms. The number of H-pyrrole nitrogens is 1. The van der Waals surface area contributed by atoms with E-state index in [4.69, 9.17) is 11.6 Å². The molecule has 2 aromatic carbocycles. The molecule has 1 aliphatic heterocycles. The number of rotatable bonds is 3. The highest BCUT2D eigenvalue weighted by Crippen LogP contribution is 2.36. The van der Waals surface area contributed by atoms with Crippen molar-refractivity contribution in [2.45, 2.75) is 18.9 Å². The van der Waals surface area contributed by atoms with Gasteiger partial charge in [0, 0.05) is 26.6 Å². The van der Waals surface area contributed by atoms with Gasteiger partial charge in [0.25, 0.3) is 0 Å². The average molecular weight is 390 g/mol. The smallest absolute Gasteiger partial charge is 0.0622 e. The molecule has 1 aliphatic rings. The van der Waals surface area contributed by atoms with Gasteiger partial charge in [0.2, 0.25) is 0 Å². The lowest BCUT2D eigenvalue weighted by molar-refractivity contribution is 0.282. The molecule has 118 valence electrons. The summed E-state index contributed by atoms with van der Waals surface area (Å²) in [6.07, 6.45) is 4.71. The van der Waals surface area contributed by atoms with Crippen molar-refractivity contribution in [2.24, 2.45) is 0 Å². The number of hydrogen-bond donors (Lipinski definition) is 1. The molecule has 23 heavy (non-hydrogen) atoms. The van der Waals surface area contributed by atoms with Crippen LogP contribution in [-0.4, -0.2) is 23.0 Å². The number of aromatic nitrogens is 1. The Hall–Kier alpha value is -1.29. The number of hydrogen-bond acceptors (Lipinski definition) is 1. The lowest BCUT2D eigenvalue weighted by Gasteiger charge is -2.28. The molecule has 1 saturated heterocycles. The number of nitrogens with zero attached hydrogens (tertiary/aromatic N) is 1. The molecule has 2 heterocycles. The second kappa shape index (κ2) is 6.31. The van der Waals surface area contributed by atoms with Crippen LogP contribution in [0.3, 0.4) is 0 Å². The predicted octanol–water partition coefficient (Wildman–Crippen LogP) is 5.77. The summed E-state index contributed by atoms with van der Waals surface area (Å²) in [5.74, 6) is 0. The molecular formula is C19H18BrClN2. The van der Waals surface area contributed by atoms with Gasteiger partial charge in [-0.25, -0.2) is 0 Å². The molecule has 0 radical (unpaired) electrons. The minimum Gasteiger partial charge on any atom is -0.361 e. The summed E-state index contributed by atoms with van der Waals surface area (Å²) >= 11 is 9.70. The molecule has 0 aliphatic carbocycles. The van der Waals surface area contributed by atoms with E-state index in [0.717, 1.165) is 22.6 Å². The van der Waals surface area contributed by atoms with Gasteiger partial charge < -0.3 is 4.98 Å². The van der Waals surface area contributed by atoms with Gasteiger partial charge in [-0.15, -0.1) is 0 Å². The number of nitrogens with one attached hydrogen (secondary N) is 1. The minimum absolute atomic E-state index is 0.276. The molecule has 1 fully saturated rings. The normalized spacial score (nSPS) is 17.0. The molecule has 0 saturated carbocycles. The van der Waals surface area contributed by atoms with Crippen LogP contribution in [0.2, 0.25) is 5.02 Å². The summed E-state index contributed by atoms with van der Waals surface area (Å²) in [6, 6.07) is 15.0. The third-order valence-corrected chi connectivity index (χ3v) is 5.41. The summed E-state index contributed by atoms with van der Waals surface area (Å²) in [7, 11) is 0. The lowest BCUT2D eigenvalue weighted by atomic mass is 9.97. The SMILES string of the molecule is Clc1ccc(C(c2c[nH]c3ccc(Br)cc23)N2CCCC2)cc1. The van der Waals surface area contributed by atoms with Crippen molar-refractivity contribution in [1.29, 1.82) is 0 Å². The van der Waals surface area contributed by atoms with Crippen LogP contribution in [0.1, 0.15) is 30.0 Å². The second-order valence-corrected chi connectivity index (χ2v) is 7.48. The van der Waals surface area contributed by atoms with Crippen LogP contribution in [-0.2, 0) is 0 Å². The number of aromatic amines is 1. The van der Waals surface area contributed by atoms with E-state index in [1.54, 1.807) is 0 Å². The quantitative estimate of drug-likeness (QED) is 0.602. The van der Waals surface area contributed by atoms with Gasteiger partial charge in [0.15, 0.2) is 0 Å². The van der Waals surface area contributed by atoms with Crippen LogP contribution in [0.4, 0.5) is 0 Å². The number of halogens is 2. The van der Waals surface area contributed by atoms with E-state index < -0.39 is 0 Å². The highest BCUT2D eigenvalue weighted by atomic mass is 79.9. The van der Waals surface area contributed by atoms with Crippen molar-refractivity contribution in [2.75, 3.05) is 13.1 Å². The Labute approximate surface area is 149 Å². The Morgan fingerprint density at radius 3 is 2.52 bits per heavy atom. The summed E-state index contributed by atoms with van der Waals surface area (Å²) in [6.45, 7) is 2.29. The average Bonchev–Trinajstić information content (AvgIpc) is 3.20. The van der Waals surface area contributed by atoms with Gasteiger partial charge in [-0.2, -0.15) is 0 Å². The van der Waals surface area contributed by atoms with Gasteiger partial charge >= 0.3 is 0 Å². The van der Waals surface area contributed by atoms with Gasteiger partial charge in [0.05, 0.1) is 6.04 Å². The Morgan fingerprint density at radius 2 is 1.78 bits per heavy atom. The van der Waals surface area contributed by atoms with E-state index in [-0.39, 0.29) is 6.04 Å². The molecule has 1 unspecified atom stereocenters. The third-order valence-electron chi connectivity index (χ3n) is 4.66. The van der Waals surface area contributed by atoms with E-state index in [0.29, 0.717) is 0 Å². The number of fused-ring (bicyclic) bond motifs is 1. The van der Waals surface area contributed by atoms with Crippen molar-refractivity contribution in [3.63, 3.8) is 0 Å². The largest absolute Gasteiger partial charge is 0.361 e. The maximum atomic E-state index is 6.09. The van der Waals surface area contributed by atoms with E-state index in [1.165, 1.54) is 34.9 Å². The zero-order chi connectivity index (χ0) is 15.8. The molecule has 1 atom stereocenters. The Bertz CT molecular complexity index is 819. The maximum Gasteiger partial charge on any atom is 0.0622 e. The van der Waals surface area contributed by atoms with Crippen molar-refractivity contribution >= 4 is 38.4 Å². The summed E-state index contributed by atoms with van der Waals surface area (Å²) < 4.78 is 1.11. The Balaban J connectivity index is 1.86. The van der Waals surface area contributed by atoms with Crippen molar-refractivity contribution in [3.8, 4) is 0 Å². The van der Waals surface area contributed by atoms with Gasteiger partial charge in [0.1, 0.15) is 0 Å². The maximum absolute atomic E-state index is 6.09. The zero-order valence-electron chi connectivity index (χ0n) is 12.7. The topological polar surface area (TPSA) is 19.0 Å². The first-order chi connectivity index (χ1) is 11.2. The summed E-state index contributed by atoms with van der Waals surface area (Å²) in [5, 5.41) is 2.07. The van der Waals surface area contributed by atoms with Crippen LogP contribution < -0.4 is 0 Å². The van der Waals surface area contributed by atoms with Crippen LogP contribution in [0, 0.1) is 0 Å². The van der Waals surface area contributed by atoms with Gasteiger partial charge in [-0.3, -0.25) is 4.90 Å². The Morgan fingerprint density at radius 1 is 1.04 bits per heavy atom. The predicted molar refractivity (Wildman–Crippen MR) is 100 cm³/mol. The molecule has 4 heteroatoms. The molecule has 1 aromatic heterocycles. The monoisotopic (exact) mass is 388 g/mol. The second-order valence-electron chi connectivity index (χ2n) is 6.13. The van der Waals surface area contributed by atoms with Crippen molar-refractivity contribution < 1.29 is 0 Å². The van der Waals surface area contributed by atoms with Crippen molar-refractivity contribution in [3.05, 3.63) is 69.3 Å². The van der Waals surface area contributed by atoms with Crippen LogP contribution >= 0.6 is 27.5 Å². The van der Waals surface area contributed by atoms with E-state index in [1.807, 2.05) is 12.1 Å². The van der Waals surface area contributed by atoms with Crippen molar-refractivity contribution in [1.82, 2.24) is 9.88 Å². The minimum atomic E-state index is 0.276. The first kappa shape index (κ1) is 15.3.